The van der Waals surface area contributed by atoms with Crippen LogP contribution in [0.15, 0.2) is 47.1 Å². The van der Waals surface area contributed by atoms with Gasteiger partial charge >= 0.3 is 6.18 Å². The maximum absolute atomic E-state index is 13.0. The number of hydrogen-bond acceptors (Lipinski definition) is 5. The lowest BCUT2D eigenvalue weighted by molar-refractivity contribution is -0.137. The molecule has 1 aliphatic heterocycles. The second kappa shape index (κ2) is 9.69. The number of aromatic nitrogens is 1. The largest absolute Gasteiger partial charge is 0.469 e. The van der Waals surface area contributed by atoms with Crippen molar-refractivity contribution in [3.8, 4) is 17.2 Å². The van der Waals surface area contributed by atoms with Gasteiger partial charge in [0.2, 0.25) is 0 Å². The number of aryl methyl sites for hydroxylation is 1. The van der Waals surface area contributed by atoms with Gasteiger partial charge in [-0.05, 0) is 49.6 Å². The number of halogens is 3. The zero-order chi connectivity index (χ0) is 26.2. The van der Waals surface area contributed by atoms with E-state index in [2.05, 4.69) is 6.07 Å². The Balaban J connectivity index is 1.65. The average molecular weight is 497 g/mol. The average Bonchev–Trinajstić information content (AvgIpc) is 3.28. The maximum Gasteiger partial charge on any atom is 0.416 e. The number of rotatable bonds is 4. The number of carbonyl (C=O) groups is 1. The smallest absolute Gasteiger partial charge is 0.416 e. The van der Waals surface area contributed by atoms with Crippen molar-refractivity contribution in [3.63, 3.8) is 0 Å². The number of nitriles is 1. The van der Waals surface area contributed by atoms with Crippen LogP contribution in [0.3, 0.4) is 0 Å². The molecule has 0 saturated carbocycles. The lowest BCUT2D eigenvalue weighted by Gasteiger charge is -2.40. The first-order valence-corrected chi connectivity index (χ1v) is 11.7. The number of piperazine rings is 1. The molecule has 3 aromatic rings. The minimum atomic E-state index is -4.42. The molecule has 6 nitrogen and oxygen atoms in total. The first kappa shape index (κ1) is 25.3. The summed E-state index contributed by atoms with van der Waals surface area (Å²) in [4.78, 5) is 21.6. The molecule has 0 spiro atoms. The highest BCUT2D eigenvalue weighted by Crippen LogP contribution is 2.36. The molecule has 0 aliphatic carbocycles. The van der Waals surface area contributed by atoms with E-state index in [0.29, 0.717) is 59.2 Å². The fourth-order valence-electron chi connectivity index (χ4n) is 4.56. The molecule has 0 bridgehead atoms. The van der Waals surface area contributed by atoms with Gasteiger partial charge in [0.05, 0.1) is 28.6 Å². The van der Waals surface area contributed by atoms with E-state index in [4.69, 9.17) is 9.40 Å². The third-order valence-electron chi connectivity index (χ3n) is 6.50. The lowest BCUT2D eigenvalue weighted by atomic mass is 9.95. The van der Waals surface area contributed by atoms with Crippen LogP contribution < -0.4 is 4.90 Å². The Morgan fingerprint density at radius 1 is 1.19 bits per heavy atom. The topological polar surface area (TPSA) is 73.4 Å². The monoisotopic (exact) mass is 496 g/mol. The number of furan rings is 1. The Bertz CT molecular complexity index is 1310. The Morgan fingerprint density at radius 3 is 2.42 bits per heavy atom. The van der Waals surface area contributed by atoms with E-state index in [0.717, 1.165) is 12.1 Å². The zero-order valence-electron chi connectivity index (χ0n) is 20.6. The predicted octanol–water partition coefficient (Wildman–Crippen LogP) is 6.01. The molecule has 1 fully saturated rings. The van der Waals surface area contributed by atoms with Crippen LogP contribution in [0.2, 0.25) is 0 Å². The van der Waals surface area contributed by atoms with Crippen LogP contribution in [0, 0.1) is 18.3 Å². The minimum absolute atomic E-state index is 0.0295. The summed E-state index contributed by atoms with van der Waals surface area (Å²) in [5.41, 5.74) is 2.05. The van der Waals surface area contributed by atoms with Crippen LogP contribution in [0.5, 0.6) is 0 Å². The highest BCUT2D eigenvalue weighted by Gasteiger charge is 2.32. The first-order valence-electron chi connectivity index (χ1n) is 11.7. The van der Waals surface area contributed by atoms with Crippen molar-refractivity contribution in [3.05, 3.63) is 70.8 Å². The molecule has 188 valence electrons. The fourth-order valence-corrected chi connectivity index (χ4v) is 4.56. The number of anilines is 1. The van der Waals surface area contributed by atoms with Crippen molar-refractivity contribution in [2.45, 2.75) is 45.8 Å². The quantitative estimate of drug-likeness (QED) is 0.442. The third kappa shape index (κ3) is 4.81. The maximum atomic E-state index is 13.0. The van der Waals surface area contributed by atoms with Crippen molar-refractivity contribution in [1.29, 1.82) is 5.26 Å². The fraction of sp³-hybridized carbons (Fsp3) is 0.370. The summed E-state index contributed by atoms with van der Waals surface area (Å²) in [5, 5.41) is 9.92. The van der Waals surface area contributed by atoms with Gasteiger partial charge in [0.25, 0.3) is 5.91 Å². The molecule has 2 aromatic heterocycles. The highest BCUT2D eigenvalue weighted by atomic mass is 19.4. The predicted molar refractivity (Wildman–Crippen MR) is 130 cm³/mol. The van der Waals surface area contributed by atoms with E-state index in [1.807, 2.05) is 25.7 Å². The Labute approximate surface area is 208 Å². The van der Waals surface area contributed by atoms with Crippen LogP contribution >= 0.6 is 0 Å². The number of hydrogen-bond donors (Lipinski definition) is 0. The SMILES string of the molecule is Cc1occc1C(=O)N1CCN(c2nc(C(C)C)c(-c3ccc(C(F)(F)F)cc3)cc2C#N)C[C@H]1C. The van der Waals surface area contributed by atoms with Gasteiger partial charge in [-0.3, -0.25) is 4.79 Å². The third-order valence-corrected chi connectivity index (χ3v) is 6.50. The van der Waals surface area contributed by atoms with Gasteiger partial charge < -0.3 is 14.2 Å². The van der Waals surface area contributed by atoms with Crippen molar-refractivity contribution in [2.24, 2.45) is 0 Å². The summed E-state index contributed by atoms with van der Waals surface area (Å²) in [6.07, 6.45) is -2.92. The molecular formula is C27H27F3N4O2. The van der Waals surface area contributed by atoms with Crippen molar-refractivity contribution >= 4 is 11.7 Å². The van der Waals surface area contributed by atoms with E-state index in [1.165, 1.54) is 18.4 Å². The number of amides is 1. The molecule has 9 heteroatoms. The first-order chi connectivity index (χ1) is 17.0. The molecular weight excluding hydrogens is 469 g/mol. The number of nitrogens with zero attached hydrogens (tertiary/aromatic N) is 4. The molecule has 1 saturated heterocycles. The highest BCUT2D eigenvalue weighted by molar-refractivity contribution is 5.95. The summed E-state index contributed by atoms with van der Waals surface area (Å²) in [6.45, 7) is 9.05. The molecule has 1 aliphatic rings. The van der Waals surface area contributed by atoms with Crippen molar-refractivity contribution in [1.82, 2.24) is 9.88 Å². The second-order valence-corrected chi connectivity index (χ2v) is 9.32. The van der Waals surface area contributed by atoms with Crippen LogP contribution in [-0.2, 0) is 6.18 Å². The lowest BCUT2D eigenvalue weighted by Crippen LogP contribution is -2.54. The number of carbonyl (C=O) groups excluding carboxylic acids is 1. The van der Waals surface area contributed by atoms with Crippen LogP contribution in [-0.4, -0.2) is 41.5 Å². The van der Waals surface area contributed by atoms with Gasteiger partial charge in [0.1, 0.15) is 17.6 Å². The standard InChI is InChI=1S/C27H27F3N4O2/c1-16(2)24-23(19-5-7-21(8-6-19)27(28,29)30)13-20(14-31)25(32-24)33-10-11-34(17(3)15-33)26(35)22-9-12-36-18(22)4/h5-9,12-13,16-17H,10-11,15H2,1-4H3/t17-/m1/s1. The van der Waals surface area contributed by atoms with Gasteiger partial charge in [0, 0.05) is 31.2 Å². The Morgan fingerprint density at radius 2 is 1.89 bits per heavy atom. The molecule has 36 heavy (non-hydrogen) atoms. The van der Waals surface area contributed by atoms with Crippen LogP contribution in [0.4, 0.5) is 19.0 Å². The van der Waals surface area contributed by atoms with Gasteiger partial charge in [0.15, 0.2) is 0 Å². The van der Waals surface area contributed by atoms with Gasteiger partial charge in [-0.1, -0.05) is 26.0 Å². The normalized spacial score (nSPS) is 16.4. The summed E-state index contributed by atoms with van der Waals surface area (Å²) in [5.74, 6) is 0.972. The van der Waals surface area contributed by atoms with Crippen molar-refractivity contribution < 1.29 is 22.4 Å². The molecule has 0 radical (unpaired) electrons. The number of pyridine rings is 1. The molecule has 3 heterocycles. The van der Waals surface area contributed by atoms with Crippen molar-refractivity contribution in [2.75, 3.05) is 24.5 Å². The number of alkyl halides is 3. The number of benzene rings is 1. The van der Waals surface area contributed by atoms with Gasteiger partial charge in [-0.2, -0.15) is 18.4 Å². The summed E-state index contributed by atoms with van der Waals surface area (Å²) < 4.78 is 44.4. The van der Waals surface area contributed by atoms with Gasteiger partial charge in [-0.25, -0.2) is 4.98 Å². The molecule has 1 atom stereocenters. The van der Waals surface area contributed by atoms with Crippen LogP contribution in [0.1, 0.15) is 59.6 Å². The zero-order valence-corrected chi connectivity index (χ0v) is 20.6. The van der Waals surface area contributed by atoms with E-state index < -0.39 is 11.7 Å². The van der Waals surface area contributed by atoms with E-state index in [9.17, 15) is 23.2 Å². The van der Waals surface area contributed by atoms with Gasteiger partial charge in [-0.15, -0.1) is 0 Å². The molecule has 1 amide bonds. The minimum Gasteiger partial charge on any atom is -0.469 e. The Hall–Kier alpha value is -3.80. The summed E-state index contributed by atoms with van der Waals surface area (Å²) in [6, 6.07) is 10.4. The molecule has 0 N–H and O–H groups in total. The summed E-state index contributed by atoms with van der Waals surface area (Å²) >= 11 is 0. The van der Waals surface area contributed by atoms with E-state index >= 15 is 0 Å². The Kier molecular flexibility index (Phi) is 6.81. The summed E-state index contributed by atoms with van der Waals surface area (Å²) in [7, 11) is 0. The molecule has 4 rings (SSSR count). The van der Waals surface area contributed by atoms with E-state index in [1.54, 1.807) is 24.0 Å². The van der Waals surface area contributed by atoms with Crippen LogP contribution in [0.25, 0.3) is 11.1 Å². The van der Waals surface area contributed by atoms with E-state index in [-0.39, 0.29) is 17.9 Å². The molecule has 1 aromatic carbocycles. The molecule has 0 unspecified atom stereocenters. The second-order valence-electron chi connectivity index (χ2n) is 9.32.